The second-order valence-electron chi connectivity index (χ2n) is 5.38. The molecule has 1 amide bonds. The third-order valence-corrected chi connectivity index (χ3v) is 4.42. The van der Waals surface area contributed by atoms with E-state index in [9.17, 15) is 4.79 Å². The van der Waals surface area contributed by atoms with E-state index in [0.29, 0.717) is 21.4 Å². The van der Waals surface area contributed by atoms with Crippen molar-refractivity contribution >= 4 is 46.2 Å². The summed E-state index contributed by atoms with van der Waals surface area (Å²) in [6.07, 6.45) is 1.61. The van der Waals surface area contributed by atoms with Gasteiger partial charge in [0.05, 0.1) is 10.0 Å². The molecule has 3 rings (SSSR count). The van der Waals surface area contributed by atoms with Crippen LogP contribution in [0.5, 0.6) is 0 Å². The van der Waals surface area contributed by atoms with Crippen molar-refractivity contribution in [3.05, 3.63) is 82.6 Å². The van der Waals surface area contributed by atoms with Gasteiger partial charge in [0.1, 0.15) is 5.69 Å². The van der Waals surface area contributed by atoms with E-state index in [4.69, 9.17) is 23.2 Å². The van der Waals surface area contributed by atoms with Crippen molar-refractivity contribution in [1.82, 2.24) is 4.98 Å². The van der Waals surface area contributed by atoms with Crippen molar-refractivity contribution < 1.29 is 4.79 Å². The molecule has 3 aromatic rings. The molecule has 1 aromatic heterocycles. The van der Waals surface area contributed by atoms with Crippen LogP contribution in [-0.4, -0.2) is 17.9 Å². The van der Waals surface area contributed by atoms with Crippen LogP contribution in [0.4, 0.5) is 17.1 Å². The highest BCUT2D eigenvalue weighted by atomic mass is 35.5. The molecule has 0 fully saturated rings. The Morgan fingerprint density at radius 2 is 1.72 bits per heavy atom. The Balaban J connectivity index is 1.81. The molecule has 0 spiro atoms. The molecule has 0 unspecified atom stereocenters. The van der Waals surface area contributed by atoms with E-state index in [1.54, 1.807) is 30.5 Å². The van der Waals surface area contributed by atoms with Crippen LogP contribution >= 0.6 is 23.2 Å². The van der Waals surface area contributed by atoms with E-state index in [2.05, 4.69) is 10.3 Å². The first-order valence-electron chi connectivity index (χ1n) is 7.56. The number of nitrogens with one attached hydrogen (secondary N) is 1. The first-order valence-corrected chi connectivity index (χ1v) is 8.31. The lowest BCUT2D eigenvalue weighted by Crippen LogP contribution is -2.15. The SMILES string of the molecule is CN(c1ccccc1)c1ccnc(C(=O)Nc2ccc(Cl)c(Cl)c2)c1. The van der Waals surface area contributed by atoms with Crippen molar-refractivity contribution in [2.75, 3.05) is 17.3 Å². The fourth-order valence-corrected chi connectivity index (χ4v) is 2.62. The Morgan fingerprint density at radius 3 is 2.44 bits per heavy atom. The van der Waals surface area contributed by atoms with Crippen LogP contribution in [0, 0.1) is 0 Å². The largest absolute Gasteiger partial charge is 0.345 e. The predicted molar refractivity (Wildman–Crippen MR) is 103 cm³/mol. The number of hydrogen-bond acceptors (Lipinski definition) is 3. The van der Waals surface area contributed by atoms with Gasteiger partial charge in [-0.05, 0) is 42.5 Å². The number of benzene rings is 2. The van der Waals surface area contributed by atoms with Gasteiger partial charge in [-0.15, -0.1) is 0 Å². The van der Waals surface area contributed by atoms with E-state index in [1.807, 2.05) is 48.3 Å². The van der Waals surface area contributed by atoms with Crippen molar-refractivity contribution in [3.63, 3.8) is 0 Å². The molecular formula is C19H15Cl2N3O. The second-order valence-corrected chi connectivity index (χ2v) is 6.19. The molecule has 0 saturated carbocycles. The predicted octanol–water partition coefficient (Wildman–Crippen LogP) is 5.41. The highest BCUT2D eigenvalue weighted by molar-refractivity contribution is 6.42. The van der Waals surface area contributed by atoms with Crippen molar-refractivity contribution in [2.24, 2.45) is 0 Å². The molecule has 6 heteroatoms. The van der Waals surface area contributed by atoms with E-state index < -0.39 is 0 Å². The summed E-state index contributed by atoms with van der Waals surface area (Å²) < 4.78 is 0. The van der Waals surface area contributed by atoms with Crippen LogP contribution in [-0.2, 0) is 0 Å². The molecule has 25 heavy (non-hydrogen) atoms. The normalized spacial score (nSPS) is 10.4. The number of para-hydroxylation sites is 1. The smallest absolute Gasteiger partial charge is 0.274 e. The van der Waals surface area contributed by atoms with Gasteiger partial charge in [0.25, 0.3) is 5.91 Å². The maximum atomic E-state index is 12.5. The Kier molecular flexibility index (Phi) is 5.22. The summed E-state index contributed by atoms with van der Waals surface area (Å²) in [6, 6.07) is 18.4. The third kappa shape index (κ3) is 4.10. The monoisotopic (exact) mass is 371 g/mol. The number of anilines is 3. The molecule has 0 saturated heterocycles. The molecule has 126 valence electrons. The maximum absolute atomic E-state index is 12.5. The third-order valence-electron chi connectivity index (χ3n) is 3.68. The lowest BCUT2D eigenvalue weighted by Gasteiger charge is -2.19. The number of aromatic nitrogens is 1. The lowest BCUT2D eigenvalue weighted by molar-refractivity contribution is 0.102. The van der Waals surface area contributed by atoms with Gasteiger partial charge >= 0.3 is 0 Å². The summed E-state index contributed by atoms with van der Waals surface area (Å²) in [5, 5.41) is 3.58. The Hall–Kier alpha value is -2.56. The maximum Gasteiger partial charge on any atom is 0.274 e. The molecule has 0 aliphatic carbocycles. The number of pyridine rings is 1. The summed E-state index contributed by atoms with van der Waals surface area (Å²) in [7, 11) is 1.94. The highest BCUT2D eigenvalue weighted by Gasteiger charge is 2.12. The molecule has 0 aliphatic rings. The highest BCUT2D eigenvalue weighted by Crippen LogP contribution is 2.26. The first kappa shape index (κ1) is 17.3. The van der Waals surface area contributed by atoms with Crippen molar-refractivity contribution in [2.45, 2.75) is 0 Å². The van der Waals surface area contributed by atoms with Gasteiger partial charge < -0.3 is 10.2 Å². The van der Waals surface area contributed by atoms with Crippen molar-refractivity contribution in [1.29, 1.82) is 0 Å². The van der Waals surface area contributed by atoms with Gasteiger partial charge in [-0.3, -0.25) is 9.78 Å². The minimum Gasteiger partial charge on any atom is -0.345 e. The summed E-state index contributed by atoms with van der Waals surface area (Å²) in [5.74, 6) is -0.318. The Bertz CT molecular complexity index is 900. The summed E-state index contributed by atoms with van der Waals surface area (Å²) in [6.45, 7) is 0. The van der Waals surface area contributed by atoms with Crippen LogP contribution in [0.3, 0.4) is 0 Å². The first-order chi connectivity index (χ1) is 12.0. The fraction of sp³-hybridized carbons (Fsp3) is 0.0526. The molecule has 0 aliphatic heterocycles. The van der Waals surface area contributed by atoms with Crippen molar-refractivity contribution in [3.8, 4) is 0 Å². The molecule has 0 atom stereocenters. The van der Waals surface area contributed by atoms with E-state index >= 15 is 0 Å². The molecule has 2 aromatic carbocycles. The summed E-state index contributed by atoms with van der Waals surface area (Å²) >= 11 is 11.9. The quantitative estimate of drug-likeness (QED) is 0.666. The van der Waals surface area contributed by atoms with Gasteiger partial charge in [-0.25, -0.2) is 0 Å². The molecule has 0 radical (unpaired) electrons. The van der Waals surface area contributed by atoms with E-state index in [-0.39, 0.29) is 5.91 Å². The second kappa shape index (κ2) is 7.55. The molecule has 1 N–H and O–H groups in total. The summed E-state index contributed by atoms with van der Waals surface area (Å²) in [4.78, 5) is 18.6. The minimum absolute atomic E-state index is 0.311. The minimum atomic E-state index is -0.318. The number of amides is 1. The molecular weight excluding hydrogens is 357 g/mol. The number of halogens is 2. The van der Waals surface area contributed by atoms with E-state index in [1.165, 1.54) is 0 Å². The van der Waals surface area contributed by atoms with Crippen LogP contribution in [0.1, 0.15) is 10.5 Å². The Morgan fingerprint density at radius 1 is 0.960 bits per heavy atom. The lowest BCUT2D eigenvalue weighted by atomic mass is 10.2. The number of rotatable bonds is 4. The average molecular weight is 372 g/mol. The average Bonchev–Trinajstić information content (AvgIpc) is 2.65. The topological polar surface area (TPSA) is 45.2 Å². The van der Waals surface area contributed by atoms with Gasteiger partial charge in [0.2, 0.25) is 0 Å². The van der Waals surface area contributed by atoms with Gasteiger partial charge in [0, 0.05) is 30.3 Å². The fourth-order valence-electron chi connectivity index (χ4n) is 2.32. The zero-order valence-corrected chi connectivity index (χ0v) is 14.9. The number of carbonyl (C=O) groups excluding carboxylic acids is 1. The Labute approximate surface area is 156 Å². The van der Waals surface area contributed by atoms with Crippen LogP contribution in [0.25, 0.3) is 0 Å². The van der Waals surface area contributed by atoms with Gasteiger partial charge in [-0.2, -0.15) is 0 Å². The number of nitrogens with zero attached hydrogens (tertiary/aromatic N) is 2. The standard InChI is InChI=1S/C19H15Cl2N3O/c1-24(14-5-3-2-4-6-14)15-9-10-22-18(12-15)19(25)23-13-7-8-16(20)17(21)11-13/h2-12H,1H3,(H,23,25). The van der Waals surface area contributed by atoms with Gasteiger partial charge in [-0.1, -0.05) is 41.4 Å². The van der Waals surface area contributed by atoms with Crippen LogP contribution < -0.4 is 10.2 Å². The molecule has 4 nitrogen and oxygen atoms in total. The van der Waals surface area contributed by atoms with Crippen LogP contribution in [0.2, 0.25) is 10.0 Å². The molecule has 0 bridgehead atoms. The zero-order chi connectivity index (χ0) is 17.8. The summed E-state index contributed by atoms with van der Waals surface area (Å²) in [5.41, 5.74) is 2.75. The van der Waals surface area contributed by atoms with Gasteiger partial charge in [0.15, 0.2) is 0 Å². The molecule has 1 heterocycles. The van der Waals surface area contributed by atoms with E-state index in [0.717, 1.165) is 11.4 Å². The van der Waals surface area contributed by atoms with Crippen LogP contribution in [0.15, 0.2) is 66.9 Å². The number of hydrogen-bond donors (Lipinski definition) is 1. The number of carbonyl (C=O) groups is 1. The zero-order valence-electron chi connectivity index (χ0n) is 13.4.